The van der Waals surface area contributed by atoms with Crippen LogP contribution in [0.5, 0.6) is 5.75 Å². The van der Waals surface area contributed by atoms with E-state index in [1.165, 1.54) is 12.1 Å². The van der Waals surface area contributed by atoms with Gasteiger partial charge in [-0.15, -0.1) is 0 Å². The summed E-state index contributed by atoms with van der Waals surface area (Å²) in [6.45, 7) is 5.41. The van der Waals surface area contributed by atoms with E-state index in [1.807, 2.05) is 13.8 Å². The van der Waals surface area contributed by atoms with E-state index in [0.717, 1.165) is 0 Å². The molecule has 0 bridgehead atoms. The normalized spacial score (nSPS) is 10.3. The van der Waals surface area contributed by atoms with Crippen LogP contribution < -0.4 is 5.32 Å². The Hall–Kier alpha value is -1.58. The quantitative estimate of drug-likeness (QED) is 0.744. The van der Waals surface area contributed by atoms with Crippen LogP contribution in [0.2, 0.25) is 0 Å². The maximum atomic E-state index is 11.5. The Kier molecular flexibility index (Phi) is 3.06. The van der Waals surface area contributed by atoms with Crippen LogP contribution in [0.4, 0.5) is 0 Å². The molecule has 0 atom stereocenters. The Morgan fingerprint density at radius 2 is 2.14 bits per heavy atom. The van der Waals surface area contributed by atoms with Crippen LogP contribution in [0.1, 0.15) is 30.0 Å². The van der Waals surface area contributed by atoms with Crippen LogP contribution in [-0.2, 0) is 0 Å². The number of aromatic hydroxyl groups is 1. The van der Waals surface area contributed by atoms with Gasteiger partial charge in [0.1, 0.15) is 11.4 Å². The van der Waals surface area contributed by atoms with Crippen molar-refractivity contribution in [2.75, 3.05) is 0 Å². The van der Waals surface area contributed by atoms with Gasteiger partial charge >= 0.3 is 0 Å². The maximum Gasteiger partial charge on any atom is 0.270 e. The van der Waals surface area contributed by atoms with Gasteiger partial charge in [0.15, 0.2) is 0 Å². The van der Waals surface area contributed by atoms with E-state index in [4.69, 9.17) is 0 Å². The van der Waals surface area contributed by atoms with Gasteiger partial charge in [-0.1, -0.05) is 0 Å². The first-order valence-corrected chi connectivity index (χ1v) is 4.48. The minimum atomic E-state index is -0.219. The van der Waals surface area contributed by atoms with Crippen molar-refractivity contribution >= 4 is 5.91 Å². The van der Waals surface area contributed by atoms with Crippen LogP contribution >= 0.6 is 0 Å². The van der Waals surface area contributed by atoms with Crippen molar-refractivity contribution in [2.24, 2.45) is 0 Å². The molecular formula is C10H14N2O2. The standard InChI is InChI=1S/C10H14N2O2/c1-6(2)11-10(14)8-4-5-9(13)7(3)12-8/h4-6,13H,1-3H3,(H,11,14). The molecule has 4 heteroatoms. The zero-order valence-corrected chi connectivity index (χ0v) is 8.53. The number of amides is 1. The lowest BCUT2D eigenvalue weighted by molar-refractivity contribution is 0.0938. The summed E-state index contributed by atoms with van der Waals surface area (Å²) in [7, 11) is 0. The van der Waals surface area contributed by atoms with Gasteiger partial charge in [0.05, 0.1) is 5.69 Å². The molecule has 4 nitrogen and oxygen atoms in total. The van der Waals surface area contributed by atoms with Crippen LogP contribution in [-0.4, -0.2) is 22.0 Å². The summed E-state index contributed by atoms with van der Waals surface area (Å²) in [5.41, 5.74) is 0.787. The van der Waals surface area contributed by atoms with Crippen LogP contribution in [0.3, 0.4) is 0 Å². The fourth-order valence-electron chi connectivity index (χ4n) is 1.02. The molecular weight excluding hydrogens is 180 g/mol. The third kappa shape index (κ3) is 2.45. The van der Waals surface area contributed by atoms with Gasteiger partial charge in [-0.25, -0.2) is 4.98 Å². The molecule has 76 valence electrons. The molecule has 0 aliphatic rings. The van der Waals surface area contributed by atoms with Crippen molar-refractivity contribution in [1.82, 2.24) is 10.3 Å². The van der Waals surface area contributed by atoms with Crippen molar-refractivity contribution in [1.29, 1.82) is 0 Å². The molecule has 0 saturated carbocycles. The van der Waals surface area contributed by atoms with Gasteiger partial charge in [0, 0.05) is 6.04 Å². The van der Waals surface area contributed by atoms with E-state index in [0.29, 0.717) is 11.4 Å². The van der Waals surface area contributed by atoms with Crippen LogP contribution in [0, 0.1) is 6.92 Å². The molecule has 1 heterocycles. The minimum Gasteiger partial charge on any atom is -0.506 e. The van der Waals surface area contributed by atoms with E-state index in [1.54, 1.807) is 6.92 Å². The lowest BCUT2D eigenvalue weighted by Crippen LogP contribution is -2.30. The van der Waals surface area contributed by atoms with E-state index in [-0.39, 0.29) is 17.7 Å². The molecule has 0 spiro atoms. The molecule has 1 aromatic rings. The molecule has 0 aromatic carbocycles. The number of nitrogens with zero attached hydrogens (tertiary/aromatic N) is 1. The van der Waals surface area contributed by atoms with E-state index in [9.17, 15) is 9.90 Å². The molecule has 0 aliphatic heterocycles. The van der Waals surface area contributed by atoms with E-state index in [2.05, 4.69) is 10.3 Å². The maximum absolute atomic E-state index is 11.5. The summed E-state index contributed by atoms with van der Waals surface area (Å²) in [6.07, 6.45) is 0. The number of hydrogen-bond donors (Lipinski definition) is 2. The molecule has 1 rings (SSSR count). The van der Waals surface area contributed by atoms with Crippen LogP contribution in [0.15, 0.2) is 12.1 Å². The second kappa shape index (κ2) is 4.09. The number of carbonyl (C=O) groups excluding carboxylic acids is 1. The number of aromatic nitrogens is 1. The predicted octanol–water partition coefficient (Wildman–Crippen LogP) is 1.23. The number of aryl methyl sites for hydroxylation is 1. The third-order valence-electron chi connectivity index (χ3n) is 1.71. The highest BCUT2D eigenvalue weighted by molar-refractivity contribution is 5.92. The summed E-state index contributed by atoms with van der Waals surface area (Å²) in [4.78, 5) is 15.4. The van der Waals surface area contributed by atoms with E-state index >= 15 is 0 Å². The SMILES string of the molecule is Cc1nc(C(=O)NC(C)C)ccc1O. The Bertz CT molecular complexity index is 348. The molecule has 0 unspecified atom stereocenters. The first kappa shape index (κ1) is 10.5. The molecule has 0 fully saturated rings. The average molecular weight is 194 g/mol. The van der Waals surface area contributed by atoms with Gasteiger partial charge in [-0.05, 0) is 32.9 Å². The number of rotatable bonds is 2. The van der Waals surface area contributed by atoms with E-state index < -0.39 is 0 Å². The Morgan fingerprint density at radius 3 is 2.64 bits per heavy atom. The summed E-state index contributed by atoms with van der Waals surface area (Å²) < 4.78 is 0. The fraction of sp³-hybridized carbons (Fsp3) is 0.400. The van der Waals surface area contributed by atoms with Crippen molar-refractivity contribution in [3.8, 4) is 5.75 Å². The predicted molar refractivity (Wildman–Crippen MR) is 53.2 cm³/mol. The van der Waals surface area contributed by atoms with Gasteiger partial charge < -0.3 is 10.4 Å². The Labute approximate surface area is 83.0 Å². The van der Waals surface area contributed by atoms with Crippen molar-refractivity contribution in [3.05, 3.63) is 23.5 Å². The Morgan fingerprint density at radius 1 is 1.50 bits per heavy atom. The summed E-state index contributed by atoms with van der Waals surface area (Å²) in [5, 5.41) is 11.9. The lowest BCUT2D eigenvalue weighted by Gasteiger charge is -2.08. The first-order chi connectivity index (χ1) is 6.50. The smallest absolute Gasteiger partial charge is 0.270 e. The number of carbonyl (C=O) groups is 1. The molecule has 0 saturated heterocycles. The highest BCUT2D eigenvalue weighted by atomic mass is 16.3. The summed E-state index contributed by atoms with van der Waals surface area (Å²) in [5.74, 6) is -0.116. The Balaban J connectivity index is 2.86. The van der Waals surface area contributed by atoms with Crippen molar-refractivity contribution in [2.45, 2.75) is 26.8 Å². The minimum absolute atomic E-state index is 0.0819. The summed E-state index contributed by atoms with van der Waals surface area (Å²) in [6, 6.07) is 3.05. The largest absolute Gasteiger partial charge is 0.506 e. The molecule has 0 aliphatic carbocycles. The number of nitrogens with one attached hydrogen (secondary N) is 1. The summed E-state index contributed by atoms with van der Waals surface area (Å²) >= 11 is 0. The zero-order chi connectivity index (χ0) is 10.7. The first-order valence-electron chi connectivity index (χ1n) is 4.48. The fourth-order valence-corrected chi connectivity index (χ4v) is 1.02. The molecule has 2 N–H and O–H groups in total. The second-order valence-electron chi connectivity index (χ2n) is 3.43. The lowest BCUT2D eigenvalue weighted by atomic mass is 10.2. The molecule has 1 aromatic heterocycles. The van der Waals surface area contributed by atoms with Crippen molar-refractivity contribution < 1.29 is 9.90 Å². The topological polar surface area (TPSA) is 62.2 Å². The van der Waals surface area contributed by atoms with Gasteiger partial charge in [-0.3, -0.25) is 4.79 Å². The van der Waals surface area contributed by atoms with Crippen molar-refractivity contribution in [3.63, 3.8) is 0 Å². The van der Waals surface area contributed by atoms with Gasteiger partial charge in [0.25, 0.3) is 5.91 Å². The molecule has 1 amide bonds. The highest BCUT2D eigenvalue weighted by Crippen LogP contribution is 2.12. The molecule has 0 radical (unpaired) electrons. The van der Waals surface area contributed by atoms with Gasteiger partial charge in [-0.2, -0.15) is 0 Å². The monoisotopic (exact) mass is 194 g/mol. The number of hydrogen-bond acceptors (Lipinski definition) is 3. The third-order valence-corrected chi connectivity index (χ3v) is 1.71. The molecule has 14 heavy (non-hydrogen) atoms. The second-order valence-corrected chi connectivity index (χ2v) is 3.43. The zero-order valence-electron chi connectivity index (χ0n) is 8.53. The van der Waals surface area contributed by atoms with Crippen LogP contribution in [0.25, 0.3) is 0 Å². The highest BCUT2D eigenvalue weighted by Gasteiger charge is 2.09. The van der Waals surface area contributed by atoms with Gasteiger partial charge in [0.2, 0.25) is 0 Å². The average Bonchev–Trinajstić information content (AvgIpc) is 2.08. The number of pyridine rings is 1.